The zero-order valence-corrected chi connectivity index (χ0v) is 10.9. The van der Waals surface area contributed by atoms with E-state index in [0.717, 1.165) is 11.3 Å². The van der Waals surface area contributed by atoms with Crippen molar-refractivity contribution in [2.75, 3.05) is 0 Å². The van der Waals surface area contributed by atoms with Crippen LogP contribution in [0.3, 0.4) is 0 Å². The minimum absolute atomic E-state index is 0.241. The average Bonchev–Trinajstić information content (AvgIpc) is 2.33. The number of ether oxygens (including phenoxy) is 1. The molecular formula is C16H17FO. The lowest BCUT2D eigenvalue weighted by atomic mass is 10.0. The molecule has 0 aliphatic carbocycles. The van der Waals surface area contributed by atoms with Gasteiger partial charge < -0.3 is 4.74 Å². The van der Waals surface area contributed by atoms with Crippen LogP contribution in [0.4, 0.5) is 4.39 Å². The highest BCUT2D eigenvalue weighted by Crippen LogP contribution is 2.26. The van der Waals surface area contributed by atoms with Gasteiger partial charge in [0.2, 0.25) is 0 Å². The molecular weight excluding hydrogens is 227 g/mol. The van der Waals surface area contributed by atoms with E-state index >= 15 is 0 Å². The molecule has 2 heteroatoms. The fraction of sp³-hybridized carbons (Fsp3) is 0.250. The molecule has 2 rings (SSSR count). The highest BCUT2D eigenvalue weighted by molar-refractivity contribution is 5.38. The van der Waals surface area contributed by atoms with Crippen LogP contribution in [-0.2, 0) is 0 Å². The molecule has 2 aromatic rings. The van der Waals surface area contributed by atoms with Crippen LogP contribution >= 0.6 is 0 Å². The van der Waals surface area contributed by atoms with E-state index in [1.54, 1.807) is 6.07 Å². The molecule has 0 unspecified atom stereocenters. The number of aryl methyl sites for hydroxylation is 1. The van der Waals surface area contributed by atoms with Gasteiger partial charge in [-0.15, -0.1) is 0 Å². The van der Waals surface area contributed by atoms with E-state index in [4.69, 9.17) is 4.74 Å². The third kappa shape index (κ3) is 2.89. The summed E-state index contributed by atoms with van der Waals surface area (Å²) in [6.45, 7) is 6.14. The molecule has 0 aliphatic heterocycles. The molecule has 1 nitrogen and oxygen atoms in total. The summed E-state index contributed by atoms with van der Waals surface area (Å²) in [6.07, 6.45) is 0. The summed E-state index contributed by atoms with van der Waals surface area (Å²) in [5.41, 5.74) is 2.07. The lowest BCUT2D eigenvalue weighted by Gasteiger charge is -2.10. The second-order valence-corrected chi connectivity index (χ2v) is 4.74. The number of hydrogen-bond donors (Lipinski definition) is 0. The van der Waals surface area contributed by atoms with Crippen molar-refractivity contribution in [3.63, 3.8) is 0 Å². The fourth-order valence-corrected chi connectivity index (χ4v) is 1.78. The van der Waals surface area contributed by atoms with Crippen molar-refractivity contribution >= 4 is 0 Å². The Morgan fingerprint density at radius 3 is 2.22 bits per heavy atom. The van der Waals surface area contributed by atoms with E-state index in [2.05, 4.69) is 26.0 Å². The zero-order chi connectivity index (χ0) is 13.1. The second kappa shape index (κ2) is 5.21. The first-order valence-corrected chi connectivity index (χ1v) is 6.10. The first-order chi connectivity index (χ1) is 8.56. The van der Waals surface area contributed by atoms with Crippen LogP contribution in [0.1, 0.15) is 30.9 Å². The van der Waals surface area contributed by atoms with Crippen LogP contribution in [0.25, 0.3) is 0 Å². The van der Waals surface area contributed by atoms with Gasteiger partial charge in [0, 0.05) is 0 Å². The highest BCUT2D eigenvalue weighted by Gasteiger charge is 2.04. The average molecular weight is 244 g/mol. The van der Waals surface area contributed by atoms with Crippen molar-refractivity contribution in [1.29, 1.82) is 0 Å². The number of hydrogen-bond acceptors (Lipinski definition) is 1. The van der Waals surface area contributed by atoms with Gasteiger partial charge in [0.1, 0.15) is 17.3 Å². The number of benzene rings is 2. The van der Waals surface area contributed by atoms with Crippen molar-refractivity contribution in [3.8, 4) is 11.5 Å². The Hall–Kier alpha value is -1.83. The summed E-state index contributed by atoms with van der Waals surface area (Å²) < 4.78 is 18.7. The third-order valence-corrected chi connectivity index (χ3v) is 2.91. The molecule has 18 heavy (non-hydrogen) atoms. The SMILES string of the molecule is Cc1cc(F)ccc1Oc1ccc(C(C)C)cc1. The minimum Gasteiger partial charge on any atom is -0.457 e. The minimum atomic E-state index is -0.241. The maximum Gasteiger partial charge on any atom is 0.130 e. The summed E-state index contributed by atoms with van der Waals surface area (Å²) in [6, 6.07) is 12.5. The van der Waals surface area contributed by atoms with E-state index in [-0.39, 0.29) is 5.82 Å². The molecule has 0 fully saturated rings. The molecule has 0 N–H and O–H groups in total. The third-order valence-electron chi connectivity index (χ3n) is 2.91. The molecule has 0 heterocycles. The summed E-state index contributed by atoms with van der Waals surface area (Å²) >= 11 is 0. The predicted molar refractivity (Wildman–Crippen MR) is 71.7 cm³/mol. The van der Waals surface area contributed by atoms with Crippen LogP contribution in [-0.4, -0.2) is 0 Å². The summed E-state index contributed by atoms with van der Waals surface area (Å²) in [7, 11) is 0. The maximum absolute atomic E-state index is 13.0. The van der Waals surface area contributed by atoms with Gasteiger partial charge in [-0.2, -0.15) is 0 Å². The van der Waals surface area contributed by atoms with Crippen molar-refractivity contribution in [1.82, 2.24) is 0 Å². The quantitative estimate of drug-likeness (QED) is 0.734. The van der Waals surface area contributed by atoms with E-state index in [1.165, 1.54) is 17.7 Å². The molecule has 0 radical (unpaired) electrons. The lowest BCUT2D eigenvalue weighted by molar-refractivity contribution is 0.476. The molecule has 0 bridgehead atoms. The normalized spacial score (nSPS) is 10.7. The van der Waals surface area contributed by atoms with Gasteiger partial charge in [-0.25, -0.2) is 4.39 Å². The highest BCUT2D eigenvalue weighted by atomic mass is 19.1. The van der Waals surface area contributed by atoms with Gasteiger partial charge >= 0.3 is 0 Å². The smallest absolute Gasteiger partial charge is 0.130 e. The molecule has 0 amide bonds. The van der Waals surface area contributed by atoms with Crippen LogP contribution in [0.2, 0.25) is 0 Å². The Kier molecular flexibility index (Phi) is 3.66. The molecule has 0 saturated heterocycles. The Morgan fingerprint density at radius 2 is 1.67 bits per heavy atom. The summed E-state index contributed by atoms with van der Waals surface area (Å²) in [5, 5.41) is 0. The predicted octanol–water partition coefficient (Wildman–Crippen LogP) is 5.05. The molecule has 0 aromatic heterocycles. The largest absolute Gasteiger partial charge is 0.457 e. The standard InChI is InChI=1S/C16H17FO/c1-11(2)13-4-7-15(8-5-13)18-16-9-6-14(17)10-12(16)3/h4-11H,1-3H3. The first kappa shape index (κ1) is 12.6. The Bertz CT molecular complexity index is 529. The molecule has 0 atom stereocenters. The van der Waals surface area contributed by atoms with Gasteiger partial charge in [0.05, 0.1) is 0 Å². The Labute approximate surface area is 107 Å². The van der Waals surface area contributed by atoms with E-state index in [0.29, 0.717) is 11.7 Å². The fourth-order valence-electron chi connectivity index (χ4n) is 1.78. The van der Waals surface area contributed by atoms with Gasteiger partial charge in [0.25, 0.3) is 0 Å². The summed E-state index contributed by atoms with van der Waals surface area (Å²) in [4.78, 5) is 0. The van der Waals surface area contributed by atoms with Gasteiger partial charge in [-0.05, 0) is 54.3 Å². The van der Waals surface area contributed by atoms with Gasteiger partial charge in [-0.1, -0.05) is 26.0 Å². The van der Waals surface area contributed by atoms with Crippen molar-refractivity contribution in [2.24, 2.45) is 0 Å². The summed E-state index contributed by atoms with van der Waals surface area (Å²) in [5.74, 6) is 1.73. The molecule has 0 spiro atoms. The Morgan fingerprint density at radius 1 is 1.00 bits per heavy atom. The zero-order valence-electron chi connectivity index (χ0n) is 10.9. The topological polar surface area (TPSA) is 9.23 Å². The van der Waals surface area contributed by atoms with Crippen LogP contribution in [0, 0.1) is 12.7 Å². The molecule has 94 valence electrons. The molecule has 0 saturated carbocycles. The molecule has 2 aromatic carbocycles. The number of halogens is 1. The van der Waals surface area contributed by atoms with Crippen molar-refractivity contribution < 1.29 is 9.13 Å². The molecule has 0 aliphatic rings. The van der Waals surface area contributed by atoms with Crippen LogP contribution < -0.4 is 4.74 Å². The first-order valence-electron chi connectivity index (χ1n) is 6.10. The van der Waals surface area contributed by atoms with Crippen molar-refractivity contribution in [3.05, 3.63) is 59.4 Å². The van der Waals surface area contributed by atoms with Gasteiger partial charge in [0.15, 0.2) is 0 Å². The van der Waals surface area contributed by atoms with Gasteiger partial charge in [-0.3, -0.25) is 0 Å². The Balaban J connectivity index is 2.18. The second-order valence-electron chi connectivity index (χ2n) is 4.74. The van der Waals surface area contributed by atoms with E-state index in [1.807, 2.05) is 19.1 Å². The lowest BCUT2D eigenvalue weighted by Crippen LogP contribution is -1.90. The van der Waals surface area contributed by atoms with Crippen LogP contribution in [0.15, 0.2) is 42.5 Å². The monoisotopic (exact) mass is 244 g/mol. The number of rotatable bonds is 3. The van der Waals surface area contributed by atoms with E-state index < -0.39 is 0 Å². The van der Waals surface area contributed by atoms with E-state index in [9.17, 15) is 4.39 Å². The maximum atomic E-state index is 13.0. The van der Waals surface area contributed by atoms with Crippen molar-refractivity contribution in [2.45, 2.75) is 26.7 Å². The van der Waals surface area contributed by atoms with Crippen LogP contribution in [0.5, 0.6) is 11.5 Å².